The Balaban J connectivity index is 1.60. The normalized spacial score (nSPS) is 11.5. The van der Waals surface area contributed by atoms with Gasteiger partial charge in [-0.05, 0) is 42.0 Å². The van der Waals surface area contributed by atoms with Crippen molar-refractivity contribution in [1.82, 2.24) is 4.72 Å². The maximum absolute atomic E-state index is 12.3. The molecule has 154 valence electrons. The first-order chi connectivity index (χ1) is 14.3. The highest BCUT2D eigenvalue weighted by atomic mass is 32.2. The number of amides is 1. The average Bonchev–Trinajstić information content (AvgIpc) is 3.25. The summed E-state index contributed by atoms with van der Waals surface area (Å²) >= 11 is 0. The number of sulfonamides is 1. The van der Waals surface area contributed by atoms with E-state index in [0.29, 0.717) is 17.0 Å². The fraction of sp³-hybridized carbons (Fsp3) is 0.0500. The number of nitro groups is 1. The summed E-state index contributed by atoms with van der Waals surface area (Å²) in [4.78, 5) is 22.3. The van der Waals surface area contributed by atoms with Gasteiger partial charge < -0.3 is 9.73 Å². The lowest BCUT2D eigenvalue weighted by Crippen LogP contribution is -2.22. The minimum absolute atomic E-state index is 0.0365. The molecule has 0 radical (unpaired) electrons. The number of hydrogen-bond donors (Lipinski definition) is 2. The molecule has 30 heavy (non-hydrogen) atoms. The lowest BCUT2D eigenvalue weighted by molar-refractivity contribution is -0.384. The summed E-state index contributed by atoms with van der Waals surface area (Å²) in [5.41, 5.74) is 0.770. The van der Waals surface area contributed by atoms with Crippen molar-refractivity contribution in [3.05, 3.63) is 94.4 Å². The van der Waals surface area contributed by atoms with Gasteiger partial charge in [0.05, 0.1) is 22.6 Å². The highest BCUT2D eigenvalue weighted by molar-refractivity contribution is 7.89. The summed E-state index contributed by atoms with van der Waals surface area (Å²) in [6.07, 6.45) is 4.21. The quantitative estimate of drug-likeness (QED) is 0.322. The van der Waals surface area contributed by atoms with Crippen molar-refractivity contribution in [3.63, 3.8) is 0 Å². The maximum Gasteiger partial charge on any atom is 0.271 e. The molecule has 3 rings (SSSR count). The predicted octanol–water partition coefficient (Wildman–Crippen LogP) is 3.32. The Morgan fingerprint density at radius 2 is 1.87 bits per heavy atom. The van der Waals surface area contributed by atoms with E-state index in [4.69, 9.17) is 4.42 Å². The Morgan fingerprint density at radius 3 is 2.53 bits per heavy atom. The van der Waals surface area contributed by atoms with E-state index in [1.165, 1.54) is 54.8 Å². The fourth-order valence-electron chi connectivity index (χ4n) is 2.47. The van der Waals surface area contributed by atoms with Gasteiger partial charge in [0.15, 0.2) is 0 Å². The molecule has 3 aromatic rings. The van der Waals surface area contributed by atoms with Crippen LogP contribution in [-0.2, 0) is 21.4 Å². The first kappa shape index (κ1) is 21.0. The summed E-state index contributed by atoms with van der Waals surface area (Å²) in [5, 5.41) is 13.3. The van der Waals surface area contributed by atoms with Gasteiger partial charge in [-0.3, -0.25) is 14.9 Å². The molecule has 0 fully saturated rings. The number of furan rings is 1. The van der Waals surface area contributed by atoms with E-state index in [9.17, 15) is 23.3 Å². The largest absolute Gasteiger partial charge is 0.468 e. The van der Waals surface area contributed by atoms with Crippen LogP contribution in [0.15, 0.2) is 82.3 Å². The van der Waals surface area contributed by atoms with Gasteiger partial charge in [-0.25, -0.2) is 13.1 Å². The number of nitrogens with one attached hydrogen (secondary N) is 2. The zero-order valence-corrected chi connectivity index (χ0v) is 16.3. The van der Waals surface area contributed by atoms with E-state index in [-0.39, 0.29) is 17.1 Å². The van der Waals surface area contributed by atoms with Gasteiger partial charge >= 0.3 is 0 Å². The van der Waals surface area contributed by atoms with Crippen LogP contribution in [0.25, 0.3) is 6.08 Å². The van der Waals surface area contributed by atoms with E-state index in [0.717, 1.165) is 0 Å². The van der Waals surface area contributed by atoms with Crippen molar-refractivity contribution in [1.29, 1.82) is 0 Å². The number of non-ortho nitro benzene ring substituents is 1. The van der Waals surface area contributed by atoms with Gasteiger partial charge in [-0.2, -0.15) is 0 Å². The van der Waals surface area contributed by atoms with Crippen LogP contribution in [-0.4, -0.2) is 19.2 Å². The summed E-state index contributed by atoms with van der Waals surface area (Å²) in [6, 6.07) is 14.9. The minimum atomic E-state index is -3.70. The first-order valence-electron chi connectivity index (χ1n) is 8.69. The zero-order valence-electron chi connectivity index (χ0n) is 15.5. The number of rotatable bonds is 8. The average molecular weight is 427 g/mol. The van der Waals surface area contributed by atoms with Crippen LogP contribution < -0.4 is 10.0 Å². The van der Waals surface area contributed by atoms with E-state index >= 15 is 0 Å². The Labute approximate surface area is 172 Å². The van der Waals surface area contributed by atoms with Crippen LogP contribution in [0.5, 0.6) is 0 Å². The minimum Gasteiger partial charge on any atom is -0.468 e. The monoisotopic (exact) mass is 427 g/mol. The number of anilines is 1. The Kier molecular flexibility index (Phi) is 6.40. The summed E-state index contributed by atoms with van der Waals surface area (Å²) in [5.74, 6) is 0.0141. The first-order valence-corrected chi connectivity index (χ1v) is 10.2. The van der Waals surface area contributed by atoms with Crippen LogP contribution in [0, 0.1) is 10.1 Å². The third kappa shape index (κ3) is 5.63. The van der Waals surface area contributed by atoms with Crippen LogP contribution in [0.3, 0.4) is 0 Å². The number of carbonyl (C=O) groups excluding carboxylic acids is 1. The van der Waals surface area contributed by atoms with Crippen LogP contribution >= 0.6 is 0 Å². The SMILES string of the molecule is O=C(/C=C/c1ccc(S(=O)(=O)NCc2ccco2)cc1)Nc1cccc([N+](=O)[O-])c1. The number of hydrogen-bond acceptors (Lipinski definition) is 6. The molecule has 0 aliphatic rings. The molecule has 0 aliphatic carbocycles. The number of benzene rings is 2. The molecule has 0 aliphatic heterocycles. The molecule has 0 saturated heterocycles. The second kappa shape index (κ2) is 9.16. The Bertz CT molecular complexity index is 1170. The van der Waals surface area contributed by atoms with Crippen molar-refractivity contribution in [2.75, 3.05) is 5.32 Å². The predicted molar refractivity (Wildman–Crippen MR) is 110 cm³/mol. The Morgan fingerprint density at radius 1 is 1.10 bits per heavy atom. The molecule has 0 atom stereocenters. The standard InChI is InChI=1S/C20H17N3O6S/c24-20(22-16-3-1-4-17(13-16)23(25)26)11-8-15-6-9-19(10-7-15)30(27,28)21-14-18-5-2-12-29-18/h1-13,21H,14H2,(H,22,24)/b11-8+. The molecule has 9 nitrogen and oxygen atoms in total. The van der Waals surface area contributed by atoms with Crippen molar-refractivity contribution in [3.8, 4) is 0 Å². The topological polar surface area (TPSA) is 132 Å². The van der Waals surface area contributed by atoms with Gasteiger partial charge in [-0.1, -0.05) is 18.2 Å². The third-order valence-electron chi connectivity index (χ3n) is 3.96. The van der Waals surface area contributed by atoms with Gasteiger partial charge in [0.25, 0.3) is 5.69 Å². The van der Waals surface area contributed by atoms with Gasteiger partial charge in [0.1, 0.15) is 5.76 Å². The third-order valence-corrected chi connectivity index (χ3v) is 5.38. The molecular formula is C20H17N3O6S. The number of nitrogens with zero attached hydrogens (tertiary/aromatic N) is 1. The highest BCUT2D eigenvalue weighted by Gasteiger charge is 2.14. The zero-order chi connectivity index (χ0) is 21.6. The van der Waals surface area contributed by atoms with Crippen LogP contribution in [0.2, 0.25) is 0 Å². The smallest absolute Gasteiger partial charge is 0.271 e. The second-order valence-corrected chi connectivity index (χ2v) is 7.87. The van der Waals surface area contributed by atoms with Crippen molar-refractivity contribution < 1.29 is 22.6 Å². The molecule has 2 N–H and O–H groups in total. The van der Waals surface area contributed by atoms with Crippen LogP contribution in [0.1, 0.15) is 11.3 Å². The Hall–Kier alpha value is -3.76. The molecule has 0 unspecified atom stereocenters. The van der Waals surface area contributed by atoms with E-state index in [1.807, 2.05) is 0 Å². The second-order valence-electron chi connectivity index (χ2n) is 6.10. The number of nitro benzene ring substituents is 1. The van der Waals surface area contributed by atoms with Crippen LogP contribution in [0.4, 0.5) is 11.4 Å². The molecule has 1 aromatic heterocycles. The number of carbonyl (C=O) groups is 1. The summed E-state index contributed by atoms with van der Waals surface area (Å²) < 4.78 is 32.1. The molecule has 0 spiro atoms. The van der Waals surface area contributed by atoms with Gasteiger partial charge in [0.2, 0.25) is 15.9 Å². The van der Waals surface area contributed by atoms with Gasteiger partial charge in [0, 0.05) is 23.9 Å². The van der Waals surface area contributed by atoms with E-state index in [2.05, 4.69) is 10.0 Å². The molecule has 0 bridgehead atoms. The lowest BCUT2D eigenvalue weighted by Gasteiger charge is -2.06. The van der Waals surface area contributed by atoms with E-state index < -0.39 is 20.9 Å². The fourth-order valence-corrected chi connectivity index (χ4v) is 3.47. The highest BCUT2D eigenvalue weighted by Crippen LogP contribution is 2.17. The van der Waals surface area contributed by atoms with Crippen molar-refractivity contribution in [2.24, 2.45) is 0 Å². The summed E-state index contributed by atoms with van der Waals surface area (Å²) in [7, 11) is -3.70. The molecule has 10 heteroatoms. The molecule has 0 saturated carbocycles. The lowest BCUT2D eigenvalue weighted by atomic mass is 10.2. The molecular weight excluding hydrogens is 410 g/mol. The maximum atomic E-state index is 12.3. The van der Waals surface area contributed by atoms with E-state index in [1.54, 1.807) is 24.3 Å². The summed E-state index contributed by atoms with van der Waals surface area (Å²) in [6.45, 7) is 0.0365. The molecule has 2 aromatic carbocycles. The van der Waals surface area contributed by atoms with Crippen molar-refractivity contribution >= 4 is 33.4 Å². The van der Waals surface area contributed by atoms with Gasteiger partial charge in [-0.15, -0.1) is 0 Å². The molecule has 1 heterocycles. The van der Waals surface area contributed by atoms with Crippen molar-refractivity contribution in [2.45, 2.75) is 11.4 Å². The molecule has 1 amide bonds.